The first-order valence-corrected chi connectivity index (χ1v) is 3.43. The van der Waals surface area contributed by atoms with Crippen molar-refractivity contribution in [1.29, 1.82) is 0 Å². The number of aliphatic hydroxyl groups is 1. The van der Waals surface area contributed by atoms with Crippen LogP contribution in [0.4, 0.5) is 0 Å². The van der Waals surface area contributed by atoms with E-state index in [0.717, 1.165) is 0 Å². The molecule has 0 aliphatic carbocycles. The van der Waals surface area contributed by atoms with Crippen molar-refractivity contribution >= 4 is 0 Å². The van der Waals surface area contributed by atoms with E-state index in [0.29, 0.717) is 0 Å². The zero-order chi connectivity index (χ0) is 8.20. The number of aliphatic hydroxyl groups excluding tert-OH is 1. The monoisotopic (exact) mass is 147 g/mol. The molecule has 2 atom stereocenters. The number of ether oxygens (including phenoxy) is 1. The molecule has 10 heavy (non-hydrogen) atoms. The Labute approximate surface area is 62.4 Å². The van der Waals surface area contributed by atoms with Gasteiger partial charge in [-0.2, -0.15) is 0 Å². The van der Waals surface area contributed by atoms with Crippen molar-refractivity contribution in [2.75, 3.05) is 20.8 Å². The van der Waals surface area contributed by atoms with Crippen LogP contribution < -0.4 is 5.32 Å². The molecule has 0 aliphatic heterocycles. The summed E-state index contributed by atoms with van der Waals surface area (Å²) in [6, 6.07) is 0. The summed E-state index contributed by atoms with van der Waals surface area (Å²) >= 11 is 0. The van der Waals surface area contributed by atoms with E-state index in [1.54, 1.807) is 7.11 Å². The van der Waals surface area contributed by atoms with Gasteiger partial charge in [0.05, 0.1) is 18.2 Å². The third-order valence-electron chi connectivity index (χ3n) is 2.15. The second-order valence-electron chi connectivity index (χ2n) is 2.70. The lowest BCUT2D eigenvalue weighted by Gasteiger charge is -2.32. The largest absolute Gasteiger partial charge is 0.394 e. The van der Waals surface area contributed by atoms with Crippen molar-refractivity contribution in [1.82, 2.24) is 5.32 Å². The molecule has 0 saturated carbocycles. The standard InChI is InChI=1S/C7H17NO2/c1-6(10-4)7(2,5-9)8-3/h6,8-9H,5H2,1-4H3. The number of rotatable bonds is 4. The molecule has 0 radical (unpaired) electrons. The van der Waals surface area contributed by atoms with Crippen LogP contribution in [0.1, 0.15) is 13.8 Å². The van der Waals surface area contributed by atoms with Crippen LogP contribution in [-0.2, 0) is 4.74 Å². The highest BCUT2D eigenvalue weighted by atomic mass is 16.5. The van der Waals surface area contributed by atoms with Crippen molar-refractivity contribution in [3.8, 4) is 0 Å². The second kappa shape index (κ2) is 3.91. The fraction of sp³-hybridized carbons (Fsp3) is 1.00. The zero-order valence-corrected chi connectivity index (χ0v) is 7.14. The molecule has 3 nitrogen and oxygen atoms in total. The first-order chi connectivity index (χ1) is 4.60. The molecule has 0 saturated heterocycles. The van der Waals surface area contributed by atoms with Crippen LogP contribution in [0.2, 0.25) is 0 Å². The molecule has 0 aromatic carbocycles. The minimum absolute atomic E-state index is 0.0162. The Kier molecular flexibility index (Phi) is 3.86. The number of hydrogen-bond acceptors (Lipinski definition) is 3. The Bertz CT molecular complexity index is 91.6. The molecule has 0 fully saturated rings. The smallest absolute Gasteiger partial charge is 0.0744 e. The summed E-state index contributed by atoms with van der Waals surface area (Å²) in [4.78, 5) is 0. The molecule has 62 valence electrons. The van der Waals surface area contributed by atoms with E-state index < -0.39 is 0 Å². The summed E-state index contributed by atoms with van der Waals surface area (Å²) in [5, 5.41) is 11.9. The molecule has 0 spiro atoms. The Balaban J connectivity index is 4.02. The fourth-order valence-corrected chi connectivity index (χ4v) is 0.671. The molecular weight excluding hydrogens is 130 g/mol. The van der Waals surface area contributed by atoms with Crippen LogP contribution in [0.15, 0.2) is 0 Å². The summed E-state index contributed by atoms with van der Waals surface area (Å²) in [5.41, 5.74) is -0.325. The maximum absolute atomic E-state index is 8.94. The minimum atomic E-state index is -0.325. The highest BCUT2D eigenvalue weighted by molar-refractivity contribution is 4.86. The maximum Gasteiger partial charge on any atom is 0.0744 e. The van der Waals surface area contributed by atoms with Gasteiger partial charge in [0.2, 0.25) is 0 Å². The Morgan fingerprint density at radius 2 is 2.20 bits per heavy atom. The first kappa shape index (κ1) is 9.88. The molecule has 0 aromatic heterocycles. The topological polar surface area (TPSA) is 41.5 Å². The van der Waals surface area contributed by atoms with E-state index in [4.69, 9.17) is 9.84 Å². The molecule has 3 heteroatoms. The van der Waals surface area contributed by atoms with Gasteiger partial charge in [-0.05, 0) is 20.9 Å². The highest BCUT2D eigenvalue weighted by Gasteiger charge is 2.28. The summed E-state index contributed by atoms with van der Waals surface area (Å²) in [6.07, 6.45) is 0.0162. The average Bonchev–Trinajstić information content (AvgIpc) is 2.01. The van der Waals surface area contributed by atoms with Gasteiger partial charge in [-0.25, -0.2) is 0 Å². The van der Waals surface area contributed by atoms with E-state index in [1.807, 2.05) is 20.9 Å². The van der Waals surface area contributed by atoms with Crippen LogP contribution in [-0.4, -0.2) is 37.5 Å². The van der Waals surface area contributed by atoms with Crippen LogP contribution in [0.25, 0.3) is 0 Å². The molecular formula is C7H17NO2. The lowest BCUT2D eigenvalue weighted by atomic mass is 9.97. The maximum atomic E-state index is 8.94. The zero-order valence-electron chi connectivity index (χ0n) is 7.14. The van der Waals surface area contributed by atoms with Gasteiger partial charge in [-0.3, -0.25) is 0 Å². The van der Waals surface area contributed by atoms with E-state index in [9.17, 15) is 0 Å². The second-order valence-corrected chi connectivity index (χ2v) is 2.70. The average molecular weight is 147 g/mol. The Morgan fingerprint density at radius 1 is 1.70 bits per heavy atom. The van der Waals surface area contributed by atoms with Gasteiger partial charge >= 0.3 is 0 Å². The lowest BCUT2D eigenvalue weighted by Crippen LogP contribution is -2.52. The SMILES string of the molecule is CNC(C)(CO)C(C)OC. The van der Waals surface area contributed by atoms with Gasteiger partial charge in [0, 0.05) is 7.11 Å². The van der Waals surface area contributed by atoms with Crippen LogP contribution >= 0.6 is 0 Å². The van der Waals surface area contributed by atoms with Gasteiger partial charge in [0.25, 0.3) is 0 Å². The summed E-state index contributed by atoms with van der Waals surface area (Å²) < 4.78 is 5.07. The van der Waals surface area contributed by atoms with Crippen molar-refractivity contribution in [3.05, 3.63) is 0 Å². The summed E-state index contributed by atoms with van der Waals surface area (Å²) in [5.74, 6) is 0. The number of hydrogen-bond donors (Lipinski definition) is 2. The molecule has 0 rings (SSSR count). The molecule has 0 aromatic rings. The van der Waals surface area contributed by atoms with Crippen molar-refractivity contribution < 1.29 is 9.84 Å². The van der Waals surface area contributed by atoms with E-state index in [1.165, 1.54) is 0 Å². The van der Waals surface area contributed by atoms with E-state index in [2.05, 4.69) is 5.32 Å². The number of methoxy groups -OCH3 is 1. The van der Waals surface area contributed by atoms with Gasteiger partial charge in [0.15, 0.2) is 0 Å². The van der Waals surface area contributed by atoms with Crippen molar-refractivity contribution in [2.45, 2.75) is 25.5 Å². The van der Waals surface area contributed by atoms with Crippen molar-refractivity contribution in [3.63, 3.8) is 0 Å². The quantitative estimate of drug-likeness (QED) is 0.587. The molecule has 2 unspecified atom stereocenters. The Hall–Kier alpha value is -0.120. The van der Waals surface area contributed by atoms with Crippen LogP contribution in [0.3, 0.4) is 0 Å². The van der Waals surface area contributed by atoms with Crippen LogP contribution in [0, 0.1) is 0 Å². The number of nitrogens with one attached hydrogen (secondary N) is 1. The molecule has 0 amide bonds. The third-order valence-corrected chi connectivity index (χ3v) is 2.15. The molecule has 0 heterocycles. The van der Waals surface area contributed by atoms with Gasteiger partial charge < -0.3 is 15.2 Å². The Morgan fingerprint density at radius 3 is 2.30 bits per heavy atom. The van der Waals surface area contributed by atoms with Crippen molar-refractivity contribution in [2.24, 2.45) is 0 Å². The number of likely N-dealkylation sites (N-methyl/N-ethyl adjacent to an activating group) is 1. The lowest BCUT2D eigenvalue weighted by molar-refractivity contribution is 0.0121. The van der Waals surface area contributed by atoms with E-state index >= 15 is 0 Å². The molecule has 0 bridgehead atoms. The molecule has 2 N–H and O–H groups in total. The summed E-state index contributed by atoms with van der Waals surface area (Å²) in [6.45, 7) is 3.92. The first-order valence-electron chi connectivity index (χ1n) is 3.43. The minimum Gasteiger partial charge on any atom is -0.394 e. The molecule has 0 aliphatic rings. The van der Waals surface area contributed by atoms with E-state index in [-0.39, 0.29) is 18.2 Å². The predicted molar refractivity (Wildman–Crippen MR) is 41.0 cm³/mol. The van der Waals surface area contributed by atoms with Gasteiger partial charge in [-0.1, -0.05) is 0 Å². The fourth-order valence-electron chi connectivity index (χ4n) is 0.671. The van der Waals surface area contributed by atoms with Crippen LogP contribution in [0.5, 0.6) is 0 Å². The van der Waals surface area contributed by atoms with Gasteiger partial charge in [0.1, 0.15) is 0 Å². The third kappa shape index (κ3) is 1.94. The summed E-state index contributed by atoms with van der Waals surface area (Å²) in [7, 11) is 3.45. The normalized spacial score (nSPS) is 20.1. The predicted octanol–water partition coefficient (Wildman–Crippen LogP) is -0.00830. The highest BCUT2D eigenvalue weighted by Crippen LogP contribution is 2.10. The van der Waals surface area contributed by atoms with Gasteiger partial charge in [-0.15, -0.1) is 0 Å².